The Morgan fingerprint density at radius 1 is 1.18 bits per heavy atom. The third kappa shape index (κ3) is 4.75. The number of nitro benzene ring substituents is 1. The largest absolute Gasteiger partial charge is 0.494 e. The van der Waals surface area contributed by atoms with E-state index in [1.165, 1.54) is 28.9 Å². The number of furan rings is 1. The molecule has 1 N–H and O–H groups in total. The highest BCUT2D eigenvalue weighted by Gasteiger charge is 2.38. The van der Waals surface area contributed by atoms with Gasteiger partial charge in [-0.2, -0.15) is 15.1 Å². The lowest BCUT2D eigenvalue weighted by Gasteiger charge is -2.19. The summed E-state index contributed by atoms with van der Waals surface area (Å²) < 4.78 is 11.2. The number of ether oxygens (including phenoxy) is 1. The minimum atomic E-state index is -0.581. The molecule has 2 aliphatic rings. The molecule has 11 heteroatoms. The van der Waals surface area contributed by atoms with Gasteiger partial charge in [0.1, 0.15) is 22.3 Å². The maximum atomic E-state index is 12.9. The molecule has 192 valence electrons. The van der Waals surface area contributed by atoms with E-state index in [0.717, 1.165) is 17.0 Å². The smallest absolute Gasteiger partial charge is 0.284 e. The summed E-state index contributed by atoms with van der Waals surface area (Å²) in [5.74, 6) is 0.200. The SMILES string of the molecule is CCOc1ccc(-c2ccc(/C=C3\C(=N)N4N=C([C@H](CC)c5ccccc5)SC4=NC3=O)o2)c([N+](=O)[O-])c1. The second kappa shape index (κ2) is 10.5. The molecule has 1 aromatic heterocycles. The molecule has 2 aromatic carbocycles. The number of nitrogens with zero attached hydrogens (tertiary/aromatic N) is 4. The highest BCUT2D eigenvalue weighted by molar-refractivity contribution is 8.27. The van der Waals surface area contributed by atoms with Gasteiger partial charge in [0.2, 0.25) is 5.17 Å². The zero-order valence-corrected chi connectivity index (χ0v) is 21.4. The van der Waals surface area contributed by atoms with Gasteiger partial charge in [0.05, 0.1) is 28.7 Å². The molecule has 1 atom stereocenters. The number of carbonyl (C=O) groups is 1. The number of rotatable bonds is 8. The van der Waals surface area contributed by atoms with Crippen LogP contribution in [0.2, 0.25) is 0 Å². The molecular weight excluding hydrogens is 506 g/mol. The highest BCUT2D eigenvalue weighted by atomic mass is 32.2. The zero-order valence-electron chi connectivity index (χ0n) is 20.6. The predicted molar refractivity (Wildman–Crippen MR) is 146 cm³/mol. The molecule has 0 saturated carbocycles. The lowest BCUT2D eigenvalue weighted by molar-refractivity contribution is -0.384. The first-order valence-electron chi connectivity index (χ1n) is 12.0. The Morgan fingerprint density at radius 2 is 1.97 bits per heavy atom. The minimum absolute atomic E-state index is 0.00852. The van der Waals surface area contributed by atoms with Crippen LogP contribution in [-0.2, 0) is 4.79 Å². The quantitative estimate of drug-likeness (QED) is 0.213. The van der Waals surface area contributed by atoms with Crippen molar-refractivity contribution in [3.63, 3.8) is 0 Å². The summed E-state index contributed by atoms with van der Waals surface area (Å²) >= 11 is 1.29. The van der Waals surface area contributed by atoms with Crippen LogP contribution < -0.4 is 4.74 Å². The van der Waals surface area contributed by atoms with Crippen LogP contribution >= 0.6 is 11.8 Å². The summed E-state index contributed by atoms with van der Waals surface area (Å²) in [6.07, 6.45) is 2.20. The van der Waals surface area contributed by atoms with Gasteiger partial charge in [-0.25, -0.2) is 0 Å². The summed E-state index contributed by atoms with van der Waals surface area (Å²) in [7, 11) is 0. The van der Waals surface area contributed by atoms with Gasteiger partial charge >= 0.3 is 0 Å². The van der Waals surface area contributed by atoms with E-state index in [9.17, 15) is 14.9 Å². The van der Waals surface area contributed by atoms with Crippen LogP contribution in [0, 0.1) is 15.5 Å². The van der Waals surface area contributed by atoms with Crippen molar-refractivity contribution >= 4 is 45.5 Å². The van der Waals surface area contributed by atoms with E-state index in [1.54, 1.807) is 31.2 Å². The fourth-order valence-corrected chi connectivity index (χ4v) is 5.33. The number of thioether (sulfide) groups is 1. The van der Waals surface area contributed by atoms with Crippen LogP contribution in [-0.4, -0.2) is 38.5 Å². The van der Waals surface area contributed by atoms with E-state index in [2.05, 4.69) is 17.0 Å². The molecular formula is C27H23N5O5S. The first-order chi connectivity index (χ1) is 18.4. The number of benzene rings is 2. The van der Waals surface area contributed by atoms with Crippen molar-refractivity contribution in [2.45, 2.75) is 26.2 Å². The summed E-state index contributed by atoms with van der Waals surface area (Å²) in [6, 6.07) is 17.6. The number of nitro groups is 1. The van der Waals surface area contributed by atoms with Crippen molar-refractivity contribution in [3.8, 4) is 17.1 Å². The van der Waals surface area contributed by atoms with E-state index in [-0.39, 0.29) is 40.1 Å². The van der Waals surface area contributed by atoms with Crippen molar-refractivity contribution in [1.29, 1.82) is 5.41 Å². The second-order valence-electron chi connectivity index (χ2n) is 8.40. The molecule has 0 unspecified atom stereocenters. The number of nitrogens with one attached hydrogen (secondary N) is 1. The van der Waals surface area contributed by atoms with E-state index < -0.39 is 10.8 Å². The van der Waals surface area contributed by atoms with E-state index >= 15 is 0 Å². The molecule has 0 fully saturated rings. The monoisotopic (exact) mass is 529 g/mol. The number of amides is 1. The van der Waals surface area contributed by atoms with Crippen molar-refractivity contribution in [2.75, 3.05) is 6.61 Å². The first-order valence-corrected chi connectivity index (χ1v) is 12.8. The maximum absolute atomic E-state index is 12.9. The minimum Gasteiger partial charge on any atom is -0.494 e. The molecule has 10 nitrogen and oxygen atoms in total. The Kier molecular flexibility index (Phi) is 6.93. The van der Waals surface area contributed by atoms with Crippen molar-refractivity contribution < 1.29 is 18.9 Å². The Hall–Kier alpha value is -4.51. The topological polar surface area (TPSA) is 134 Å². The maximum Gasteiger partial charge on any atom is 0.284 e. The highest BCUT2D eigenvalue weighted by Crippen LogP contribution is 2.37. The fourth-order valence-electron chi connectivity index (χ4n) is 4.23. The number of aliphatic imine (C=N–C) groups is 1. The molecule has 3 heterocycles. The van der Waals surface area contributed by atoms with Gasteiger partial charge in [0.25, 0.3) is 11.6 Å². The molecule has 0 radical (unpaired) electrons. The van der Waals surface area contributed by atoms with Gasteiger partial charge in [-0.1, -0.05) is 37.3 Å². The Bertz CT molecular complexity index is 1530. The average Bonchev–Trinajstić information content (AvgIpc) is 3.55. The van der Waals surface area contributed by atoms with Gasteiger partial charge < -0.3 is 9.15 Å². The molecule has 1 amide bonds. The molecule has 0 aliphatic carbocycles. The average molecular weight is 530 g/mol. The van der Waals surface area contributed by atoms with Crippen LogP contribution in [0.25, 0.3) is 17.4 Å². The van der Waals surface area contributed by atoms with E-state index in [4.69, 9.17) is 14.6 Å². The van der Waals surface area contributed by atoms with Gasteiger partial charge in [-0.3, -0.25) is 20.3 Å². The summed E-state index contributed by atoms with van der Waals surface area (Å²) in [5.41, 5.74) is 1.21. The number of carbonyl (C=O) groups excluding carboxylic acids is 1. The molecule has 0 bridgehead atoms. The normalized spacial score (nSPS) is 16.8. The number of hydrogen-bond acceptors (Lipinski definition) is 8. The Balaban J connectivity index is 1.43. The van der Waals surface area contributed by atoms with Crippen LogP contribution in [0.5, 0.6) is 5.75 Å². The van der Waals surface area contributed by atoms with E-state index in [1.807, 2.05) is 30.3 Å². The zero-order chi connectivity index (χ0) is 26.8. The Morgan fingerprint density at radius 3 is 2.68 bits per heavy atom. The lowest BCUT2D eigenvalue weighted by atomic mass is 9.98. The van der Waals surface area contributed by atoms with Crippen molar-refractivity contribution in [1.82, 2.24) is 5.01 Å². The molecule has 0 spiro atoms. The number of hydrazone groups is 1. The number of hydrogen-bond donors (Lipinski definition) is 1. The molecule has 0 saturated heterocycles. The number of amidine groups is 2. The second-order valence-corrected chi connectivity index (χ2v) is 9.39. The van der Waals surface area contributed by atoms with Gasteiger partial charge in [-0.05, 0) is 61.0 Å². The third-order valence-electron chi connectivity index (χ3n) is 6.03. The number of fused-ring (bicyclic) bond motifs is 1. The van der Waals surface area contributed by atoms with Gasteiger partial charge in [0, 0.05) is 5.92 Å². The van der Waals surface area contributed by atoms with Gasteiger partial charge in [0.15, 0.2) is 5.84 Å². The molecule has 5 rings (SSSR count). The van der Waals surface area contributed by atoms with Crippen LogP contribution in [0.1, 0.15) is 37.5 Å². The van der Waals surface area contributed by atoms with Crippen LogP contribution in [0.4, 0.5) is 5.69 Å². The summed E-state index contributed by atoms with van der Waals surface area (Å²) in [4.78, 5) is 28.2. The van der Waals surface area contributed by atoms with E-state index in [0.29, 0.717) is 17.5 Å². The fraction of sp³-hybridized carbons (Fsp3) is 0.185. The third-order valence-corrected chi connectivity index (χ3v) is 7.06. The summed E-state index contributed by atoms with van der Waals surface area (Å²) in [5, 5.41) is 27.4. The lowest BCUT2D eigenvalue weighted by Crippen LogP contribution is -2.35. The predicted octanol–water partition coefficient (Wildman–Crippen LogP) is 6.07. The van der Waals surface area contributed by atoms with Gasteiger partial charge in [-0.15, -0.1) is 0 Å². The van der Waals surface area contributed by atoms with Crippen molar-refractivity contribution in [2.24, 2.45) is 10.1 Å². The molecule has 3 aromatic rings. The van der Waals surface area contributed by atoms with Crippen LogP contribution in [0.15, 0.2) is 80.7 Å². The van der Waals surface area contributed by atoms with Crippen LogP contribution in [0.3, 0.4) is 0 Å². The Labute approximate surface area is 222 Å². The standard InChI is InChI=1S/C27H23N5O5S/c1-3-19(16-8-6-5-7-9-16)26-30-31-24(28)21(25(33)29-27(31)38-26)14-18-11-13-23(37-18)20-12-10-17(36-4-2)15-22(20)32(34)35/h5-15,19,28H,3-4H2,1-2H3/b21-14+,28-24?/t19-/m1/s1. The first kappa shape index (κ1) is 25.2. The summed E-state index contributed by atoms with van der Waals surface area (Å²) in [6.45, 7) is 4.23. The molecule has 2 aliphatic heterocycles. The molecule has 38 heavy (non-hydrogen) atoms. The van der Waals surface area contributed by atoms with Crippen molar-refractivity contribution in [3.05, 3.63) is 87.7 Å².